The van der Waals surface area contributed by atoms with E-state index in [-0.39, 0.29) is 112 Å². The van der Waals surface area contributed by atoms with Crippen LogP contribution in [0.15, 0.2) is 11.6 Å². The van der Waals surface area contributed by atoms with Gasteiger partial charge in [0.15, 0.2) is 5.78 Å². The first-order chi connectivity index (χ1) is 14.8. The summed E-state index contributed by atoms with van der Waals surface area (Å²) in [6.07, 6.45) is 11.3. The Kier molecular flexibility index (Phi) is 14.8. The van der Waals surface area contributed by atoms with Crippen LogP contribution in [-0.2, 0) is 18.9 Å². The number of esters is 1. The van der Waals surface area contributed by atoms with Gasteiger partial charge in [0.05, 0.1) is 5.71 Å². The molecule has 6 atom stereocenters. The number of ketones is 1. The normalized spacial score (nSPS) is 35.0. The van der Waals surface area contributed by atoms with E-state index in [1.54, 1.807) is 0 Å². The predicted octanol–water partition coefficient (Wildman–Crippen LogP) is -6.90. The number of carbonyl (C=O) groups is 3. The number of allylic oxidation sites excluding steroid dienone is 1. The number of carboxylic acid groups (broad SMARTS) is 1. The van der Waals surface area contributed by atoms with Gasteiger partial charge < -0.3 is 29.0 Å². The first-order valence-electron chi connectivity index (χ1n) is 11.5. The minimum absolute atomic E-state index is 0. The molecular weight excluding hydrogens is 504 g/mol. The van der Waals surface area contributed by atoms with Crippen molar-refractivity contribution in [2.24, 2.45) is 28.6 Å². The standard InChI is InChI=1S/C22H32O3.CH3O5P.3Na/c1-4-20(24)25-19-8-7-17-16-6-5-14-13-15(23)9-11-21(14,2)18(16)10-12-22(17,19)3;2-1(3)7(4,5)6;;;/h13,16-19H,4-12H2,1-3H3;(H,2,3)(H2,4,5,6);;;/q;;3*+1/p-3. The molecule has 0 saturated heterocycles. The summed E-state index contributed by atoms with van der Waals surface area (Å²) < 4.78 is 15.0. The van der Waals surface area contributed by atoms with Gasteiger partial charge in [-0.25, -0.2) is 0 Å². The van der Waals surface area contributed by atoms with Gasteiger partial charge in [-0.3, -0.25) is 9.59 Å². The fourth-order valence-electron chi connectivity index (χ4n) is 6.95. The van der Waals surface area contributed by atoms with Gasteiger partial charge in [0.1, 0.15) is 6.10 Å². The third-order valence-corrected chi connectivity index (χ3v) is 9.11. The molecule has 0 spiro atoms. The van der Waals surface area contributed by atoms with Gasteiger partial charge >= 0.3 is 94.6 Å². The zero-order chi connectivity index (χ0) is 23.9. The van der Waals surface area contributed by atoms with E-state index >= 15 is 0 Å². The summed E-state index contributed by atoms with van der Waals surface area (Å²) in [4.78, 5) is 51.1. The molecule has 0 aromatic heterocycles. The van der Waals surface area contributed by atoms with Crippen LogP contribution in [0.2, 0.25) is 0 Å². The Hall–Kier alpha value is 1.50. The molecule has 4 rings (SSSR count). The second-order valence-corrected chi connectivity index (χ2v) is 11.5. The van der Waals surface area contributed by atoms with Gasteiger partial charge in [-0.2, -0.15) is 0 Å². The van der Waals surface area contributed by atoms with Gasteiger partial charge in [-0.05, 0) is 81.8 Å². The minimum Gasteiger partial charge on any atom is -0.807 e. The third kappa shape index (κ3) is 7.79. The van der Waals surface area contributed by atoms with Crippen molar-refractivity contribution in [2.75, 3.05) is 0 Å². The van der Waals surface area contributed by atoms with Crippen LogP contribution in [0.1, 0.15) is 78.6 Å². The van der Waals surface area contributed by atoms with Gasteiger partial charge in [0.25, 0.3) is 0 Å². The number of hydrogen-bond acceptors (Lipinski definition) is 8. The van der Waals surface area contributed by atoms with Crippen molar-refractivity contribution in [1.82, 2.24) is 0 Å². The zero-order valence-electron chi connectivity index (χ0n) is 22.0. The van der Waals surface area contributed by atoms with Gasteiger partial charge in [0, 0.05) is 18.3 Å². The Bertz CT molecular complexity index is 875. The summed E-state index contributed by atoms with van der Waals surface area (Å²) in [5, 5.41) is 9.02. The fraction of sp³-hybridized carbons (Fsp3) is 0.783. The van der Waals surface area contributed by atoms with Crippen LogP contribution in [0.25, 0.3) is 0 Å². The molecule has 180 valence electrons. The molecule has 0 aliphatic heterocycles. The van der Waals surface area contributed by atoms with Crippen LogP contribution in [0.4, 0.5) is 4.79 Å². The topological polar surface area (TPSA) is 147 Å². The summed E-state index contributed by atoms with van der Waals surface area (Å²) in [6.45, 7) is 6.69. The Morgan fingerprint density at radius 3 is 2.17 bits per heavy atom. The number of ether oxygens (including phenoxy) is 1. The van der Waals surface area contributed by atoms with Crippen LogP contribution >= 0.6 is 7.60 Å². The largest absolute Gasteiger partial charge is 1.00 e. The number of rotatable bonds is 3. The minimum atomic E-state index is -5.43. The van der Waals surface area contributed by atoms with Crippen molar-refractivity contribution in [3.8, 4) is 0 Å². The molecule has 0 aromatic rings. The summed E-state index contributed by atoms with van der Waals surface area (Å²) >= 11 is 0. The molecule has 0 radical (unpaired) electrons. The van der Waals surface area contributed by atoms with E-state index in [1.165, 1.54) is 24.8 Å². The molecule has 4 aliphatic rings. The maximum absolute atomic E-state index is 11.9. The van der Waals surface area contributed by atoms with Crippen LogP contribution in [-0.4, -0.2) is 23.6 Å². The second-order valence-electron chi connectivity index (χ2n) is 10.2. The van der Waals surface area contributed by atoms with Crippen LogP contribution in [0, 0.1) is 28.6 Å². The fourth-order valence-corrected chi connectivity index (χ4v) is 6.95. The van der Waals surface area contributed by atoms with Crippen LogP contribution in [0.3, 0.4) is 0 Å². The second kappa shape index (κ2) is 14.2. The van der Waals surface area contributed by atoms with Crippen molar-refractivity contribution in [3.63, 3.8) is 0 Å². The van der Waals surface area contributed by atoms with Crippen molar-refractivity contribution < 1.29 is 127 Å². The first-order valence-corrected chi connectivity index (χ1v) is 13.0. The molecule has 0 N–H and O–H groups in total. The Balaban J connectivity index is 0.00000102. The van der Waals surface area contributed by atoms with Crippen molar-refractivity contribution >= 4 is 25.1 Å². The predicted molar refractivity (Wildman–Crippen MR) is 110 cm³/mol. The van der Waals surface area contributed by atoms with Crippen molar-refractivity contribution in [1.29, 1.82) is 0 Å². The van der Waals surface area contributed by atoms with E-state index in [1.807, 2.05) is 13.0 Å². The molecule has 8 nitrogen and oxygen atoms in total. The van der Waals surface area contributed by atoms with Gasteiger partial charge in [0.2, 0.25) is 0 Å². The molecule has 4 aliphatic carbocycles. The van der Waals surface area contributed by atoms with Gasteiger partial charge in [-0.15, -0.1) is 0 Å². The molecule has 35 heavy (non-hydrogen) atoms. The monoisotopic (exact) mass is 536 g/mol. The van der Waals surface area contributed by atoms with E-state index in [4.69, 9.17) is 29.0 Å². The Morgan fingerprint density at radius 2 is 1.63 bits per heavy atom. The van der Waals surface area contributed by atoms with E-state index in [0.29, 0.717) is 24.0 Å². The molecule has 12 heteroatoms. The van der Waals surface area contributed by atoms with E-state index in [9.17, 15) is 9.59 Å². The summed E-state index contributed by atoms with van der Waals surface area (Å²) in [6, 6.07) is 0. The summed E-state index contributed by atoms with van der Waals surface area (Å²) in [7, 11) is -5.43. The average Bonchev–Trinajstić information content (AvgIpc) is 3.04. The maximum Gasteiger partial charge on any atom is 1.00 e. The number of hydrogen-bond donors (Lipinski definition) is 0. The average molecular weight is 536 g/mol. The van der Waals surface area contributed by atoms with E-state index < -0.39 is 13.3 Å². The quantitative estimate of drug-likeness (QED) is 0.197. The Morgan fingerprint density at radius 1 is 1.03 bits per heavy atom. The molecule has 0 aromatic carbocycles. The molecule has 6 unspecified atom stereocenters. The third-order valence-electron chi connectivity index (χ3n) is 8.66. The van der Waals surface area contributed by atoms with Crippen LogP contribution < -0.4 is 104 Å². The molecule has 0 heterocycles. The summed E-state index contributed by atoms with van der Waals surface area (Å²) in [5.41, 5.74) is -0.738. The zero-order valence-corrected chi connectivity index (χ0v) is 28.9. The smallest absolute Gasteiger partial charge is 0.807 e. The number of carbonyl (C=O) groups excluding carboxylic acids is 3. The summed E-state index contributed by atoms with van der Waals surface area (Å²) in [5.74, 6) is 2.41. The van der Waals surface area contributed by atoms with Crippen LogP contribution in [0.5, 0.6) is 0 Å². The van der Waals surface area contributed by atoms with Crippen molar-refractivity contribution in [3.05, 3.63) is 11.6 Å². The molecule has 3 fully saturated rings. The molecule has 0 amide bonds. The number of fused-ring (bicyclic) bond motifs is 5. The van der Waals surface area contributed by atoms with E-state index in [0.717, 1.165) is 38.0 Å². The van der Waals surface area contributed by atoms with E-state index in [2.05, 4.69) is 13.8 Å². The van der Waals surface area contributed by atoms with Crippen molar-refractivity contribution in [2.45, 2.75) is 84.7 Å². The SMILES string of the molecule is CCC(=O)OC1CCC2C3CCC4=CC(=O)CCC4(C)C3CCC12C.O=C([O-])P(=O)([O-])[O-].[Na+].[Na+].[Na+]. The molecule has 0 bridgehead atoms. The Labute approximate surface area is 274 Å². The first kappa shape index (κ1) is 36.5. The molecular formula is C23H32Na3O8P. The molecule has 3 saturated carbocycles. The van der Waals surface area contributed by atoms with Gasteiger partial charge in [-0.1, -0.05) is 26.3 Å². The maximum atomic E-state index is 11.9.